The summed E-state index contributed by atoms with van der Waals surface area (Å²) < 4.78 is 0. The molecule has 1 amide bonds. The fourth-order valence-electron chi connectivity index (χ4n) is 2.22. The van der Waals surface area contributed by atoms with Gasteiger partial charge in [-0.15, -0.1) is 0 Å². The van der Waals surface area contributed by atoms with Crippen LogP contribution in [0.15, 0.2) is 12.4 Å². The summed E-state index contributed by atoms with van der Waals surface area (Å²) >= 11 is 0. The molecular formula is C12H18N4O. The number of nitrogens with two attached hydrogens (primary N) is 1. The molecule has 1 aromatic heterocycles. The van der Waals surface area contributed by atoms with E-state index in [0.29, 0.717) is 11.5 Å². The Morgan fingerprint density at radius 2 is 1.82 bits per heavy atom. The van der Waals surface area contributed by atoms with Gasteiger partial charge in [0.25, 0.3) is 5.91 Å². The van der Waals surface area contributed by atoms with E-state index in [4.69, 9.17) is 5.73 Å². The van der Waals surface area contributed by atoms with E-state index in [2.05, 4.69) is 43.0 Å². The van der Waals surface area contributed by atoms with Crippen LogP contribution >= 0.6 is 0 Å². The number of nitrogen functional groups attached to an aromatic ring is 1. The minimum Gasteiger partial charge on any atom is -0.382 e. The third-order valence-electron chi connectivity index (χ3n) is 4.20. The molecule has 0 unspecified atom stereocenters. The number of aromatic nitrogens is 2. The van der Waals surface area contributed by atoms with Crippen LogP contribution in [0, 0.1) is 10.8 Å². The normalized spacial score (nSPS) is 20.9. The maximum Gasteiger partial charge on any atom is 0.271 e. The summed E-state index contributed by atoms with van der Waals surface area (Å²) in [5.74, 6) is 0.120. The number of carbonyl (C=O) groups is 1. The Morgan fingerprint density at radius 1 is 1.24 bits per heavy atom. The van der Waals surface area contributed by atoms with Gasteiger partial charge in [-0.25, -0.2) is 9.97 Å². The highest BCUT2D eigenvalue weighted by molar-refractivity contribution is 5.92. The van der Waals surface area contributed by atoms with Crippen molar-refractivity contribution in [1.29, 1.82) is 0 Å². The maximum atomic E-state index is 11.9. The lowest BCUT2D eigenvalue weighted by molar-refractivity contribution is 0.0938. The van der Waals surface area contributed by atoms with Gasteiger partial charge < -0.3 is 11.1 Å². The minimum atomic E-state index is -0.193. The fourth-order valence-corrected chi connectivity index (χ4v) is 2.22. The maximum absolute atomic E-state index is 11.9. The van der Waals surface area contributed by atoms with E-state index >= 15 is 0 Å². The molecule has 0 saturated heterocycles. The van der Waals surface area contributed by atoms with Crippen LogP contribution in [0.5, 0.6) is 0 Å². The molecule has 1 heterocycles. The number of amides is 1. The van der Waals surface area contributed by atoms with Crippen LogP contribution in [0.4, 0.5) is 5.82 Å². The molecule has 0 bridgehead atoms. The first-order chi connectivity index (χ1) is 7.76. The van der Waals surface area contributed by atoms with Crippen molar-refractivity contribution in [2.24, 2.45) is 10.8 Å². The highest BCUT2D eigenvalue weighted by Gasteiger charge is 2.65. The van der Waals surface area contributed by atoms with E-state index in [9.17, 15) is 4.79 Å². The smallest absolute Gasteiger partial charge is 0.271 e. The molecule has 2 rings (SSSR count). The van der Waals surface area contributed by atoms with Gasteiger partial charge in [-0.2, -0.15) is 0 Å². The van der Waals surface area contributed by atoms with Crippen molar-refractivity contribution in [2.75, 3.05) is 5.73 Å². The Morgan fingerprint density at radius 3 is 2.24 bits per heavy atom. The van der Waals surface area contributed by atoms with E-state index in [1.165, 1.54) is 12.4 Å². The van der Waals surface area contributed by atoms with Gasteiger partial charge in [-0.05, 0) is 10.8 Å². The van der Waals surface area contributed by atoms with Crippen LogP contribution in [0.3, 0.4) is 0 Å². The van der Waals surface area contributed by atoms with Gasteiger partial charge in [0, 0.05) is 6.04 Å². The predicted molar refractivity (Wildman–Crippen MR) is 65.3 cm³/mol. The lowest BCUT2D eigenvalue weighted by Crippen LogP contribution is -2.30. The van der Waals surface area contributed by atoms with Crippen molar-refractivity contribution < 1.29 is 4.79 Å². The van der Waals surface area contributed by atoms with Gasteiger partial charge >= 0.3 is 0 Å². The van der Waals surface area contributed by atoms with Gasteiger partial charge in [0.2, 0.25) is 0 Å². The highest BCUT2D eigenvalue weighted by atomic mass is 16.2. The summed E-state index contributed by atoms with van der Waals surface area (Å²) in [6.07, 6.45) is 2.78. The van der Waals surface area contributed by atoms with Gasteiger partial charge in [0.1, 0.15) is 11.5 Å². The van der Waals surface area contributed by atoms with E-state index in [1.807, 2.05) is 0 Å². The molecule has 0 radical (unpaired) electrons. The zero-order valence-electron chi connectivity index (χ0n) is 10.6. The molecule has 17 heavy (non-hydrogen) atoms. The minimum absolute atomic E-state index is 0.115. The Balaban J connectivity index is 2.07. The van der Waals surface area contributed by atoms with Crippen molar-refractivity contribution in [2.45, 2.75) is 33.7 Å². The number of anilines is 1. The molecule has 3 N–H and O–H groups in total. The second-order valence-corrected chi connectivity index (χ2v) is 5.68. The summed E-state index contributed by atoms with van der Waals surface area (Å²) in [5, 5.41) is 2.99. The van der Waals surface area contributed by atoms with Gasteiger partial charge in [-0.3, -0.25) is 4.79 Å². The Labute approximate surface area is 101 Å². The molecule has 0 spiro atoms. The van der Waals surface area contributed by atoms with Crippen LogP contribution in [-0.2, 0) is 0 Å². The Kier molecular flexibility index (Phi) is 2.38. The number of nitrogens with zero attached hydrogens (tertiary/aromatic N) is 2. The number of hydrogen-bond acceptors (Lipinski definition) is 4. The fraction of sp³-hybridized carbons (Fsp3) is 0.583. The topological polar surface area (TPSA) is 80.9 Å². The summed E-state index contributed by atoms with van der Waals surface area (Å²) in [4.78, 5) is 19.7. The Hall–Kier alpha value is -1.65. The lowest BCUT2D eigenvalue weighted by Gasteiger charge is -2.05. The standard InChI is InChI=1S/C12H18N4O/c1-11(2)10(12(11,3)4)16-9(17)7-5-15-8(13)6-14-7/h5-6,10H,1-4H3,(H2,13,15)(H,16,17). The molecule has 1 fully saturated rings. The van der Waals surface area contributed by atoms with Crippen molar-refractivity contribution >= 4 is 11.7 Å². The van der Waals surface area contributed by atoms with Gasteiger partial charge in [0.15, 0.2) is 0 Å². The quantitative estimate of drug-likeness (QED) is 0.806. The molecule has 1 aliphatic rings. The first kappa shape index (κ1) is 11.8. The summed E-state index contributed by atoms with van der Waals surface area (Å²) in [7, 11) is 0. The molecule has 5 heteroatoms. The lowest BCUT2D eigenvalue weighted by atomic mass is 10.0. The first-order valence-corrected chi connectivity index (χ1v) is 5.65. The second kappa shape index (κ2) is 3.42. The third-order valence-corrected chi connectivity index (χ3v) is 4.20. The number of hydrogen-bond donors (Lipinski definition) is 2. The van der Waals surface area contributed by atoms with Crippen molar-refractivity contribution in [3.8, 4) is 0 Å². The van der Waals surface area contributed by atoms with Crippen LogP contribution in [0.25, 0.3) is 0 Å². The summed E-state index contributed by atoms with van der Waals surface area (Å²) in [6, 6.07) is 0.168. The van der Waals surface area contributed by atoms with Crippen LogP contribution < -0.4 is 11.1 Å². The predicted octanol–water partition coefficient (Wildman–Crippen LogP) is 1.22. The number of rotatable bonds is 2. The van der Waals surface area contributed by atoms with E-state index in [0.717, 1.165) is 0 Å². The summed E-state index contributed by atoms with van der Waals surface area (Å²) in [5.41, 5.74) is 5.95. The molecule has 1 saturated carbocycles. The van der Waals surface area contributed by atoms with Crippen molar-refractivity contribution in [3.63, 3.8) is 0 Å². The van der Waals surface area contributed by atoms with E-state index in [-0.39, 0.29) is 22.8 Å². The second-order valence-electron chi connectivity index (χ2n) is 5.68. The zero-order valence-corrected chi connectivity index (χ0v) is 10.6. The van der Waals surface area contributed by atoms with Crippen LogP contribution in [0.2, 0.25) is 0 Å². The number of carbonyl (C=O) groups excluding carboxylic acids is 1. The molecule has 0 atom stereocenters. The third kappa shape index (κ3) is 1.75. The van der Waals surface area contributed by atoms with Crippen LogP contribution in [0.1, 0.15) is 38.2 Å². The van der Waals surface area contributed by atoms with Crippen molar-refractivity contribution in [1.82, 2.24) is 15.3 Å². The van der Waals surface area contributed by atoms with E-state index < -0.39 is 0 Å². The Bertz CT molecular complexity index is 436. The number of nitrogens with one attached hydrogen (secondary N) is 1. The monoisotopic (exact) mass is 234 g/mol. The van der Waals surface area contributed by atoms with Gasteiger partial charge in [0.05, 0.1) is 12.4 Å². The molecule has 1 aromatic rings. The largest absolute Gasteiger partial charge is 0.382 e. The molecule has 92 valence electrons. The molecular weight excluding hydrogens is 216 g/mol. The van der Waals surface area contributed by atoms with Gasteiger partial charge in [-0.1, -0.05) is 27.7 Å². The van der Waals surface area contributed by atoms with Crippen LogP contribution in [-0.4, -0.2) is 21.9 Å². The molecule has 0 aromatic carbocycles. The summed E-state index contributed by atoms with van der Waals surface area (Å²) in [6.45, 7) is 8.58. The highest BCUT2D eigenvalue weighted by Crippen LogP contribution is 2.62. The molecule has 0 aliphatic heterocycles. The van der Waals surface area contributed by atoms with E-state index in [1.54, 1.807) is 0 Å². The average molecular weight is 234 g/mol. The molecule has 1 aliphatic carbocycles. The SMILES string of the molecule is CC1(C)C(NC(=O)c2cnc(N)cn2)C1(C)C. The molecule has 5 nitrogen and oxygen atoms in total. The first-order valence-electron chi connectivity index (χ1n) is 5.65. The zero-order chi connectivity index (χ0) is 12.8. The average Bonchev–Trinajstić information content (AvgIpc) is 2.62. The van der Waals surface area contributed by atoms with Crippen molar-refractivity contribution in [3.05, 3.63) is 18.1 Å².